The van der Waals surface area contributed by atoms with Crippen LogP contribution in [0, 0.1) is 5.92 Å². The zero-order valence-electron chi connectivity index (χ0n) is 18.8. The minimum atomic E-state index is -0.809. The summed E-state index contributed by atoms with van der Waals surface area (Å²) in [4.78, 5) is 2.55. The summed E-state index contributed by atoms with van der Waals surface area (Å²) in [6.07, 6.45) is 6.73. The van der Waals surface area contributed by atoms with Gasteiger partial charge in [0.05, 0.1) is 25.9 Å². The molecule has 2 saturated carbocycles. The van der Waals surface area contributed by atoms with Crippen molar-refractivity contribution in [1.29, 1.82) is 0 Å². The Labute approximate surface area is 180 Å². The predicted octanol–water partition coefficient (Wildman–Crippen LogP) is 3.66. The second-order valence-electron chi connectivity index (χ2n) is 10.0. The first-order valence-corrected chi connectivity index (χ1v) is 11.9. The van der Waals surface area contributed by atoms with Crippen LogP contribution in [0.15, 0.2) is 18.2 Å². The molecule has 0 bridgehead atoms. The Morgan fingerprint density at radius 3 is 2.60 bits per heavy atom. The molecule has 0 aromatic heterocycles. The van der Waals surface area contributed by atoms with Crippen LogP contribution in [0.5, 0.6) is 5.75 Å². The summed E-state index contributed by atoms with van der Waals surface area (Å²) < 4.78 is 18.0. The van der Waals surface area contributed by atoms with E-state index in [1.54, 1.807) is 7.11 Å². The van der Waals surface area contributed by atoms with Crippen LogP contribution in [0.3, 0.4) is 0 Å². The van der Waals surface area contributed by atoms with Crippen molar-refractivity contribution in [2.24, 2.45) is 5.92 Å². The molecule has 1 spiro atoms. The zero-order chi connectivity index (χ0) is 21.0. The summed E-state index contributed by atoms with van der Waals surface area (Å²) in [5.74, 6) is 1.13. The van der Waals surface area contributed by atoms with Crippen LogP contribution in [0.1, 0.15) is 63.5 Å². The first-order chi connectivity index (χ1) is 14.5. The number of likely N-dealkylation sites (tertiary alicyclic amines) is 1. The van der Waals surface area contributed by atoms with Crippen molar-refractivity contribution in [1.82, 2.24) is 4.90 Å². The average Bonchev–Trinajstić information content (AvgIpc) is 3.48. The van der Waals surface area contributed by atoms with Crippen molar-refractivity contribution in [3.05, 3.63) is 29.3 Å². The van der Waals surface area contributed by atoms with E-state index in [9.17, 15) is 5.11 Å². The SMILES string of the molecule is CCc1ccc(OC)cc1C12CCN(CC3CC3)C(C)C1(O)CCC1(C2)OCCO1. The highest BCUT2D eigenvalue weighted by Gasteiger charge is 2.65. The number of fused-ring (bicyclic) bond motifs is 1. The molecule has 0 amide bonds. The van der Waals surface area contributed by atoms with Gasteiger partial charge in [0.2, 0.25) is 0 Å². The molecular formula is C25H37NO4. The molecule has 3 atom stereocenters. The van der Waals surface area contributed by atoms with Gasteiger partial charge in [-0.25, -0.2) is 0 Å². The summed E-state index contributed by atoms with van der Waals surface area (Å²) in [5, 5.41) is 12.5. The lowest BCUT2D eigenvalue weighted by molar-refractivity contribution is -0.254. The lowest BCUT2D eigenvalue weighted by atomic mass is 9.52. The van der Waals surface area contributed by atoms with Crippen LogP contribution in [-0.4, -0.2) is 60.8 Å². The minimum absolute atomic E-state index is 0.113. The Morgan fingerprint density at radius 1 is 1.17 bits per heavy atom. The van der Waals surface area contributed by atoms with Gasteiger partial charge in [0.1, 0.15) is 5.75 Å². The molecule has 2 aliphatic carbocycles. The normalized spacial score (nSPS) is 36.1. The first kappa shape index (κ1) is 20.7. The Bertz CT molecular complexity index is 787. The highest BCUT2D eigenvalue weighted by molar-refractivity contribution is 5.45. The summed E-state index contributed by atoms with van der Waals surface area (Å²) in [6.45, 7) is 7.88. The van der Waals surface area contributed by atoms with Gasteiger partial charge in [0, 0.05) is 30.8 Å². The van der Waals surface area contributed by atoms with Crippen molar-refractivity contribution >= 4 is 0 Å². The second kappa shape index (κ2) is 7.47. The molecule has 5 rings (SSSR count). The Hall–Kier alpha value is -1.14. The van der Waals surface area contributed by atoms with E-state index in [2.05, 4.69) is 30.9 Å². The van der Waals surface area contributed by atoms with Crippen molar-refractivity contribution in [2.75, 3.05) is 33.4 Å². The van der Waals surface area contributed by atoms with Crippen molar-refractivity contribution in [3.63, 3.8) is 0 Å². The van der Waals surface area contributed by atoms with Crippen molar-refractivity contribution < 1.29 is 19.3 Å². The van der Waals surface area contributed by atoms with Crippen molar-refractivity contribution in [2.45, 2.75) is 81.6 Å². The third-order valence-corrected chi connectivity index (χ3v) is 8.57. The predicted molar refractivity (Wildman–Crippen MR) is 116 cm³/mol. The standard InChI is InChI=1S/C25H37NO4/c1-4-20-7-8-21(28-3)15-22(20)23-11-12-26(16-19-5-6-19)18(2)25(23,27)10-9-24(17-23)29-13-14-30-24/h7-8,15,18-19,27H,4-6,9-14,16-17H2,1-3H3. The van der Waals surface area contributed by atoms with Gasteiger partial charge < -0.3 is 19.3 Å². The fourth-order valence-electron chi connectivity index (χ4n) is 6.59. The molecule has 5 heteroatoms. The van der Waals surface area contributed by atoms with Gasteiger partial charge in [-0.2, -0.15) is 0 Å². The number of nitrogens with zero attached hydrogens (tertiary/aromatic N) is 1. The first-order valence-electron chi connectivity index (χ1n) is 11.9. The smallest absolute Gasteiger partial charge is 0.169 e. The molecule has 1 aromatic rings. The number of hydrogen-bond acceptors (Lipinski definition) is 5. The van der Waals surface area contributed by atoms with Gasteiger partial charge in [0.25, 0.3) is 0 Å². The molecular weight excluding hydrogens is 378 g/mol. The summed E-state index contributed by atoms with van der Waals surface area (Å²) in [7, 11) is 1.72. The van der Waals surface area contributed by atoms with E-state index in [1.807, 2.05) is 6.07 Å². The highest BCUT2D eigenvalue weighted by atomic mass is 16.7. The van der Waals surface area contributed by atoms with Gasteiger partial charge in [-0.05, 0) is 74.8 Å². The maximum Gasteiger partial charge on any atom is 0.169 e. The Kier molecular flexibility index (Phi) is 5.17. The number of benzene rings is 1. The van der Waals surface area contributed by atoms with Gasteiger partial charge >= 0.3 is 0 Å². The molecule has 2 heterocycles. The molecule has 1 aromatic carbocycles. The Balaban J connectivity index is 1.61. The molecule has 3 unspecified atom stereocenters. The second-order valence-corrected chi connectivity index (χ2v) is 10.0. The van der Waals surface area contributed by atoms with Gasteiger partial charge in [-0.3, -0.25) is 4.90 Å². The van der Waals surface area contributed by atoms with E-state index < -0.39 is 16.8 Å². The molecule has 2 aliphatic heterocycles. The van der Waals surface area contributed by atoms with E-state index in [1.165, 1.54) is 24.0 Å². The van der Waals surface area contributed by atoms with E-state index >= 15 is 0 Å². The van der Waals surface area contributed by atoms with Gasteiger partial charge in [-0.1, -0.05) is 13.0 Å². The van der Waals surface area contributed by atoms with Crippen LogP contribution >= 0.6 is 0 Å². The van der Waals surface area contributed by atoms with Crippen LogP contribution in [0.25, 0.3) is 0 Å². The number of hydrogen-bond donors (Lipinski definition) is 1. The summed E-state index contributed by atoms with van der Waals surface area (Å²) >= 11 is 0. The minimum Gasteiger partial charge on any atom is -0.497 e. The van der Waals surface area contributed by atoms with E-state index in [-0.39, 0.29) is 6.04 Å². The van der Waals surface area contributed by atoms with Crippen LogP contribution in [0.4, 0.5) is 0 Å². The number of methoxy groups -OCH3 is 1. The average molecular weight is 416 g/mol. The third-order valence-electron chi connectivity index (χ3n) is 8.57. The Morgan fingerprint density at radius 2 is 1.93 bits per heavy atom. The van der Waals surface area contributed by atoms with Crippen LogP contribution in [0.2, 0.25) is 0 Å². The van der Waals surface area contributed by atoms with E-state index in [4.69, 9.17) is 14.2 Å². The lowest BCUT2D eigenvalue weighted by Crippen LogP contribution is -2.72. The number of aryl methyl sites for hydroxylation is 1. The fraction of sp³-hybridized carbons (Fsp3) is 0.760. The molecule has 30 heavy (non-hydrogen) atoms. The largest absolute Gasteiger partial charge is 0.497 e. The van der Waals surface area contributed by atoms with Gasteiger partial charge in [0.15, 0.2) is 5.79 Å². The molecule has 5 nitrogen and oxygen atoms in total. The fourth-order valence-corrected chi connectivity index (χ4v) is 6.59. The molecule has 0 radical (unpaired) electrons. The molecule has 4 aliphatic rings. The van der Waals surface area contributed by atoms with Crippen LogP contribution < -0.4 is 4.74 Å². The zero-order valence-corrected chi connectivity index (χ0v) is 18.8. The quantitative estimate of drug-likeness (QED) is 0.795. The third kappa shape index (κ3) is 3.12. The van der Waals surface area contributed by atoms with E-state index in [0.29, 0.717) is 19.6 Å². The summed E-state index contributed by atoms with van der Waals surface area (Å²) in [6, 6.07) is 6.52. The monoisotopic (exact) mass is 415 g/mol. The molecule has 166 valence electrons. The molecule has 4 fully saturated rings. The lowest BCUT2D eigenvalue weighted by Gasteiger charge is -2.62. The molecule has 2 saturated heterocycles. The number of aliphatic hydroxyl groups is 1. The van der Waals surface area contributed by atoms with E-state index in [0.717, 1.165) is 50.4 Å². The number of ether oxygens (including phenoxy) is 3. The van der Waals surface area contributed by atoms with Crippen molar-refractivity contribution in [3.8, 4) is 5.75 Å². The topological polar surface area (TPSA) is 51.2 Å². The molecule has 1 N–H and O–H groups in total. The number of rotatable bonds is 5. The number of piperidine rings is 1. The van der Waals surface area contributed by atoms with Gasteiger partial charge in [-0.15, -0.1) is 0 Å². The highest BCUT2D eigenvalue weighted by Crippen LogP contribution is 2.59. The van der Waals surface area contributed by atoms with Crippen LogP contribution in [-0.2, 0) is 21.3 Å². The summed E-state index contributed by atoms with van der Waals surface area (Å²) in [5.41, 5.74) is 1.33. The maximum absolute atomic E-state index is 12.5. The maximum atomic E-state index is 12.5.